The first-order chi connectivity index (χ1) is 22.8. The molecule has 2 heterocycles. The van der Waals surface area contributed by atoms with Crippen LogP contribution in [0.4, 0.5) is 0 Å². The van der Waals surface area contributed by atoms with Crippen molar-refractivity contribution >= 4 is 74.8 Å². The molecule has 8 aromatic carbocycles. The molecule has 10 rings (SSSR count). The first kappa shape index (κ1) is 25.6. The fourth-order valence-electron chi connectivity index (χ4n) is 7.54. The van der Waals surface area contributed by atoms with Gasteiger partial charge in [0.15, 0.2) is 0 Å². The summed E-state index contributed by atoms with van der Waals surface area (Å²) in [6, 6.07) is 57.0. The Bertz CT molecular complexity index is 2740. The van der Waals surface area contributed by atoms with Crippen LogP contribution in [0.5, 0.6) is 0 Å². The monoisotopic (exact) mass is 602 g/mol. The van der Waals surface area contributed by atoms with E-state index in [2.05, 4.69) is 158 Å². The predicted octanol–water partition coefficient (Wildman–Crippen LogP) is 13.3. The molecular formula is C44H26OS. The first-order valence-corrected chi connectivity index (χ1v) is 16.5. The van der Waals surface area contributed by atoms with Gasteiger partial charge in [0, 0.05) is 36.7 Å². The van der Waals surface area contributed by atoms with E-state index in [0.717, 1.165) is 33.4 Å². The maximum Gasteiger partial charge on any atom is 0.144 e. The number of furan rings is 1. The van der Waals surface area contributed by atoms with Crippen molar-refractivity contribution in [2.75, 3.05) is 0 Å². The topological polar surface area (TPSA) is 13.1 Å². The number of benzene rings is 8. The van der Waals surface area contributed by atoms with Gasteiger partial charge in [-0.3, -0.25) is 0 Å². The van der Waals surface area contributed by atoms with Crippen molar-refractivity contribution in [1.82, 2.24) is 0 Å². The summed E-state index contributed by atoms with van der Waals surface area (Å²) < 4.78 is 9.78. The fraction of sp³-hybridized carbons (Fsp3) is 0. The summed E-state index contributed by atoms with van der Waals surface area (Å²) in [7, 11) is 0. The Labute approximate surface area is 269 Å². The van der Waals surface area contributed by atoms with Crippen LogP contribution >= 0.6 is 11.3 Å². The van der Waals surface area contributed by atoms with Crippen LogP contribution in [0.3, 0.4) is 0 Å². The highest BCUT2D eigenvalue weighted by molar-refractivity contribution is 7.26. The molecule has 10 aromatic rings. The van der Waals surface area contributed by atoms with Gasteiger partial charge >= 0.3 is 0 Å². The summed E-state index contributed by atoms with van der Waals surface area (Å²) in [6.45, 7) is 0. The van der Waals surface area contributed by atoms with Crippen LogP contribution in [0.1, 0.15) is 0 Å². The molecule has 46 heavy (non-hydrogen) atoms. The van der Waals surface area contributed by atoms with E-state index in [0.29, 0.717) is 0 Å². The lowest BCUT2D eigenvalue weighted by atomic mass is 9.85. The number of hydrogen-bond acceptors (Lipinski definition) is 2. The standard InChI is InChI=1S/C44H26OS/c1-2-14-28(15-3-1)39-36-25-26-38-42(35-22-10-11-24-37(35)46-38)43(36)45-44(39)41-33-20-8-6-18-31(33)40(32-19-7-9-21-34(32)41)30-23-12-16-27-13-4-5-17-29(27)30/h1-26H. The molecule has 0 spiro atoms. The lowest BCUT2D eigenvalue weighted by Crippen LogP contribution is -1.92. The number of thiophene rings is 1. The van der Waals surface area contributed by atoms with Gasteiger partial charge in [-0.1, -0.05) is 140 Å². The van der Waals surface area contributed by atoms with Crippen molar-refractivity contribution in [3.05, 3.63) is 158 Å². The van der Waals surface area contributed by atoms with Gasteiger partial charge in [-0.25, -0.2) is 0 Å². The highest BCUT2D eigenvalue weighted by Crippen LogP contribution is 2.51. The van der Waals surface area contributed by atoms with Crippen molar-refractivity contribution in [2.24, 2.45) is 0 Å². The Hall–Kier alpha value is -5.70. The Morgan fingerprint density at radius 3 is 1.70 bits per heavy atom. The maximum absolute atomic E-state index is 7.26. The van der Waals surface area contributed by atoms with Gasteiger partial charge in [0.05, 0.1) is 0 Å². The molecule has 1 nitrogen and oxygen atoms in total. The molecule has 214 valence electrons. The van der Waals surface area contributed by atoms with Gasteiger partial charge in [0.2, 0.25) is 0 Å². The van der Waals surface area contributed by atoms with E-state index < -0.39 is 0 Å². The highest BCUT2D eigenvalue weighted by atomic mass is 32.1. The van der Waals surface area contributed by atoms with Crippen molar-refractivity contribution < 1.29 is 4.42 Å². The molecule has 0 saturated carbocycles. The van der Waals surface area contributed by atoms with Crippen molar-refractivity contribution in [2.45, 2.75) is 0 Å². The largest absolute Gasteiger partial charge is 0.455 e. The summed E-state index contributed by atoms with van der Waals surface area (Å²) in [6.07, 6.45) is 0. The van der Waals surface area contributed by atoms with Gasteiger partial charge in [-0.15, -0.1) is 11.3 Å². The van der Waals surface area contributed by atoms with E-state index in [1.165, 1.54) is 63.6 Å². The SMILES string of the molecule is c1ccc(-c2c(-c3c4ccccc4c(-c4cccc5ccccc45)c4ccccc34)oc3c2ccc2sc4ccccc4c23)cc1. The number of fused-ring (bicyclic) bond motifs is 8. The molecular weight excluding hydrogens is 577 g/mol. The molecule has 0 fully saturated rings. The summed E-state index contributed by atoms with van der Waals surface area (Å²) in [4.78, 5) is 0. The molecule has 0 atom stereocenters. The summed E-state index contributed by atoms with van der Waals surface area (Å²) in [5.41, 5.74) is 6.89. The molecule has 0 unspecified atom stereocenters. The number of hydrogen-bond donors (Lipinski definition) is 0. The van der Waals surface area contributed by atoms with Crippen molar-refractivity contribution in [1.29, 1.82) is 0 Å². The van der Waals surface area contributed by atoms with Crippen LogP contribution in [0.2, 0.25) is 0 Å². The minimum atomic E-state index is 0.917. The average molecular weight is 603 g/mol. The van der Waals surface area contributed by atoms with Crippen LogP contribution in [0.25, 0.3) is 97.0 Å². The second-order valence-electron chi connectivity index (χ2n) is 12.0. The van der Waals surface area contributed by atoms with Gasteiger partial charge in [-0.2, -0.15) is 0 Å². The van der Waals surface area contributed by atoms with Crippen LogP contribution in [0, 0.1) is 0 Å². The van der Waals surface area contributed by atoms with E-state index in [1.54, 1.807) is 0 Å². The molecule has 0 aliphatic carbocycles. The summed E-state index contributed by atoms with van der Waals surface area (Å²) in [5, 5.41) is 10.9. The van der Waals surface area contributed by atoms with E-state index >= 15 is 0 Å². The average Bonchev–Trinajstić information content (AvgIpc) is 3.69. The quantitative estimate of drug-likeness (QED) is 0.183. The molecule has 2 heteroatoms. The Morgan fingerprint density at radius 1 is 0.370 bits per heavy atom. The van der Waals surface area contributed by atoms with Crippen molar-refractivity contribution in [3.8, 4) is 33.6 Å². The minimum Gasteiger partial charge on any atom is -0.455 e. The highest BCUT2D eigenvalue weighted by Gasteiger charge is 2.26. The van der Waals surface area contributed by atoms with Crippen LogP contribution in [-0.4, -0.2) is 0 Å². The normalized spacial score (nSPS) is 11.9. The van der Waals surface area contributed by atoms with Gasteiger partial charge in [-0.05, 0) is 67.2 Å². The summed E-state index contributed by atoms with van der Waals surface area (Å²) in [5.74, 6) is 0.917. The molecule has 0 saturated heterocycles. The zero-order valence-electron chi connectivity index (χ0n) is 24.8. The third-order valence-electron chi connectivity index (χ3n) is 9.48. The minimum absolute atomic E-state index is 0.917. The van der Waals surface area contributed by atoms with E-state index in [1.807, 2.05) is 11.3 Å². The lowest BCUT2D eigenvalue weighted by molar-refractivity contribution is 0.637. The Morgan fingerprint density at radius 2 is 0.957 bits per heavy atom. The predicted molar refractivity (Wildman–Crippen MR) is 198 cm³/mol. The molecule has 0 amide bonds. The maximum atomic E-state index is 7.26. The van der Waals surface area contributed by atoms with Gasteiger partial charge < -0.3 is 4.42 Å². The molecule has 2 aromatic heterocycles. The third kappa shape index (κ3) is 3.62. The van der Waals surface area contributed by atoms with Crippen LogP contribution < -0.4 is 0 Å². The molecule has 0 aliphatic rings. The third-order valence-corrected chi connectivity index (χ3v) is 10.6. The Balaban J connectivity index is 1.40. The fourth-order valence-corrected chi connectivity index (χ4v) is 8.64. The van der Waals surface area contributed by atoms with Gasteiger partial charge in [0.25, 0.3) is 0 Å². The second-order valence-corrected chi connectivity index (χ2v) is 13.0. The second kappa shape index (κ2) is 9.90. The van der Waals surface area contributed by atoms with Crippen LogP contribution in [-0.2, 0) is 0 Å². The van der Waals surface area contributed by atoms with E-state index in [-0.39, 0.29) is 0 Å². The Kier molecular flexibility index (Phi) is 5.51. The zero-order valence-corrected chi connectivity index (χ0v) is 25.6. The van der Waals surface area contributed by atoms with Crippen molar-refractivity contribution in [3.63, 3.8) is 0 Å². The summed E-state index contributed by atoms with van der Waals surface area (Å²) >= 11 is 1.83. The molecule has 0 N–H and O–H groups in total. The van der Waals surface area contributed by atoms with E-state index in [9.17, 15) is 0 Å². The molecule has 0 aliphatic heterocycles. The molecule has 0 radical (unpaired) electrons. The smallest absolute Gasteiger partial charge is 0.144 e. The first-order valence-electron chi connectivity index (χ1n) is 15.7. The van der Waals surface area contributed by atoms with Crippen LogP contribution in [0.15, 0.2) is 162 Å². The lowest BCUT2D eigenvalue weighted by Gasteiger charge is -2.18. The van der Waals surface area contributed by atoms with E-state index in [4.69, 9.17) is 4.42 Å². The molecule has 0 bridgehead atoms. The van der Waals surface area contributed by atoms with Gasteiger partial charge in [0.1, 0.15) is 11.3 Å². The number of rotatable bonds is 3. The zero-order chi connectivity index (χ0) is 30.2.